The summed E-state index contributed by atoms with van der Waals surface area (Å²) >= 11 is 0. The number of hydrogen-bond donors (Lipinski definition) is 0. The SMILES string of the molecule is C=C.C[Si](C)(C)O[Si](C)(CCCOCC1CO1)O[Si](C)(C)C.C[Si](C)(CCCOCC1CO1)O[Si](C)(C)CCCOCC1CO1.C[Si](C)(CCCOCC1CO1)O[Si](C)(CCCOCC1CO1)O[Si](C)(C)CCCOCC1CO1.C[Si](C)(COCC1CO1)O[Si](C)(C)O[Si](C)(CCCOCC1CO1)O[Si](C)(C)CCCOCC1CO1. The van der Waals surface area contributed by atoms with E-state index in [1.807, 2.05) is 0 Å². The fourth-order valence-corrected chi connectivity index (χ4v) is 68.5. The lowest BCUT2D eigenvalue weighted by molar-refractivity contribution is 0.115. The van der Waals surface area contributed by atoms with Crippen LogP contribution in [0, 0.1) is 0 Å². The van der Waals surface area contributed by atoms with E-state index in [4.69, 9.17) is 118 Å². The van der Waals surface area contributed by atoms with Crippen LogP contribution in [-0.2, 0) is 118 Å². The van der Waals surface area contributed by atoms with Crippen molar-refractivity contribution in [1.29, 1.82) is 0 Å². The van der Waals surface area contributed by atoms with E-state index in [0.29, 0.717) is 88.1 Å². The zero-order chi connectivity index (χ0) is 85.0. The first-order valence-electron chi connectivity index (χ1n) is 43.7. The molecule has 9 rings (SSSR count). The summed E-state index contributed by atoms with van der Waals surface area (Å²) < 4.78 is 153. The summed E-state index contributed by atoms with van der Waals surface area (Å²) in [5, 5.41) is 0. The molecule has 9 aliphatic rings. The number of ether oxygens (including phenoxy) is 18. The fraction of sp³-hybridized carbons (Fsp3) is 0.974. The van der Waals surface area contributed by atoms with Gasteiger partial charge in [-0.2, -0.15) is 0 Å². The molecular formula is C77H168O26Si12. The second kappa shape index (κ2) is 52.6. The first-order valence-corrected chi connectivity index (χ1v) is 79.6. The van der Waals surface area contributed by atoms with Gasteiger partial charge in [0.2, 0.25) is 8.32 Å². The molecule has 0 saturated carbocycles. The molecule has 10 atom stereocenters. The minimum Gasteiger partial charge on any atom is -0.455 e. The van der Waals surface area contributed by atoms with E-state index >= 15 is 0 Å². The van der Waals surface area contributed by atoms with Gasteiger partial charge in [-0.3, -0.25) is 0 Å². The highest BCUT2D eigenvalue weighted by atomic mass is 28.5. The van der Waals surface area contributed by atoms with Crippen LogP contribution in [0.2, 0.25) is 199 Å². The van der Waals surface area contributed by atoms with Gasteiger partial charge in [-0.15, -0.1) is 13.2 Å². The molecule has 115 heavy (non-hydrogen) atoms. The van der Waals surface area contributed by atoms with Crippen LogP contribution < -0.4 is 0 Å². The minimum absolute atomic E-state index is 0.272. The third-order valence-corrected chi connectivity index (χ3v) is 63.9. The highest BCUT2D eigenvalue weighted by Gasteiger charge is 2.48. The topological polar surface area (TPSA) is 270 Å². The monoisotopic (exact) mass is 1840 g/mol. The Hall–Kier alpha value is 1.30. The average Bonchev–Trinajstić information content (AvgIpc) is 0.940. The van der Waals surface area contributed by atoms with Crippen molar-refractivity contribution >= 4 is 101 Å². The predicted octanol–water partition coefficient (Wildman–Crippen LogP) is 15.1. The van der Waals surface area contributed by atoms with Gasteiger partial charge in [-0.1, -0.05) is 0 Å². The van der Waals surface area contributed by atoms with E-state index in [9.17, 15) is 0 Å². The molecular weight excluding hydrogens is 1680 g/mol. The predicted molar refractivity (Wildman–Crippen MR) is 484 cm³/mol. The van der Waals surface area contributed by atoms with E-state index in [1.54, 1.807) is 0 Å². The van der Waals surface area contributed by atoms with Gasteiger partial charge in [0.15, 0.2) is 58.2 Å². The largest absolute Gasteiger partial charge is 0.455 e. The smallest absolute Gasteiger partial charge is 0.315 e. The second-order valence-electron chi connectivity index (χ2n) is 38.9. The van der Waals surface area contributed by atoms with Crippen LogP contribution in [0.4, 0.5) is 0 Å². The van der Waals surface area contributed by atoms with Crippen molar-refractivity contribution in [2.24, 2.45) is 0 Å². The summed E-state index contributed by atoms with van der Waals surface area (Å²) in [6.07, 6.45) is 11.8. The lowest BCUT2D eigenvalue weighted by Gasteiger charge is -2.42. The van der Waals surface area contributed by atoms with Crippen LogP contribution in [0.25, 0.3) is 0 Å². The molecule has 9 aliphatic heterocycles. The summed E-state index contributed by atoms with van der Waals surface area (Å²) in [6, 6.07) is 8.43. The van der Waals surface area contributed by atoms with Crippen LogP contribution in [0.15, 0.2) is 13.2 Å². The van der Waals surface area contributed by atoms with E-state index < -0.39 is 101 Å². The van der Waals surface area contributed by atoms with E-state index in [1.165, 1.54) is 12.1 Å². The molecule has 0 aromatic carbocycles. The lowest BCUT2D eigenvalue weighted by atomic mass is 10.5. The molecule has 9 fully saturated rings. The normalized spacial score (nSPS) is 24.0. The van der Waals surface area contributed by atoms with Gasteiger partial charge in [-0.05, 0) is 250 Å². The zero-order valence-corrected chi connectivity index (χ0v) is 88.6. The van der Waals surface area contributed by atoms with E-state index in [2.05, 4.69) is 164 Å². The third-order valence-electron chi connectivity index (χ3n) is 19.0. The van der Waals surface area contributed by atoms with Gasteiger partial charge in [0.05, 0.1) is 125 Å². The van der Waals surface area contributed by atoms with Gasteiger partial charge in [-0.25, -0.2) is 0 Å². The standard InChI is InChI=1S/C23H50O9Si4.C23H48O8Si3.C16H34O5Si2.C13H32O4Si3.C2H4/c1-33(2,12-8-10-24-14-21-17-27-21)31-36(7,13-9-11-25-15-22-18-28-22)32-35(5,6)30-34(3,4)20-26-16-23-19-29-23;1-32(2,12-6-9-24-15-21-18-27-21)30-34(5,14-8-11-26-17-23-20-29-23)31-33(3,4)13-7-10-25-16-22-19-28-22;1-22(2,9-5-7-17-11-15-13-19-15)21-23(3,4)10-6-8-18-12-16-14-20-16;1-18(2,3)16-20(7,17-19(4,5)6)10-8-9-14-11-13-12-15-13;1-2/h21-23H,8-20H2,1-7H3;21-23H,6-20H2,1-5H3;15-16H,5-14H2,1-4H3;13H,8-12H2,1-7H3;1-2H2. The van der Waals surface area contributed by atoms with Crippen molar-refractivity contribution in [1.82, 2.24) is 0 Å². The zero-order valence-electron chi connectivity index (χ0n) is 76.6. The highest BCUT2D eigenvalue weighted by molar-refractivity contribution is 6.91. The molecule has 0 radical (unpaired) electrons. The van der Waals surface area contributed by atoms with Crippen LogP contribution in [-0.4, -0.2) is 334 Å². The molecule has 680 valence electrons. The molecule has 0 amide bonds. The molecule has 0 aromatic rings. The molecule has 10 unspecified atom stereocenters. The van der Waals surface area contributed by atoms with Crippen molar-refractivity contribution in [2.45, 2.75) is 305 Å². The number of epoxide rings is 9. The lowest BCUT2D eigenvalue weighted by Crippen LogP contribution is -2.58. The Morgan fingerprint density at radius 3 is 0.583 bits per heavy atom. The molecule has 0 N–H and O–H groups in total. The fourth-order valence-electron chi connectivity index (χ4n) is 13.8. The number of rotatable bonds is 68. The number of hydrogen-bond acceptors (Lipinski definition) is 26. The Morgan fingerprint density at radius 2 is 0.383 bits per heavy atom. The molecule has 0 aromatic heterocycles. The Kier molecular flexibility index (Phi) is 48.8. The second-order valence-corrected chi connectivity index (χ2v) is 88.9. The van der Waals surface area contributed by atoms with Gasteiger partial charge < -0.3 is 118 Å². The van der Waals surface area contributed by atoms with Crippen molar-refractivity contribution in [2.75, 3.05) is 178 Å². The first kappa shape index (κ1) is 107. The molecule has 9 saturated heterocycles. The van der Waals surface area contributed by atoms with Crippen LogP contribution in [0.1, 0.15) is 51.4 Å². The summed E-state index contributed by atoms with van der Waals surface area (Å²) in [7, 11) is -23.5. The van der Waals surface area contributed by atoms with Crippen molar-refractivity contribution in [3.8, 4) is 0 Å². The minimum atomic E-state index is -2.51. The Labute approximate surface area is 710 Å². The van der Waals surface area contributed by atoms with Gasteiger partial charge in [0.1, 0.15) is 54.9 Å². The van der Waals surface area contributed by atoms with Crippen molar-refractivity contribution in [3.63, 3.8) is 0 Å². The quantitative estimate of drug-likeness (QED) is 0.0237. The first-order chi connectivity index (χ1) is 53.9. The summed E-state index contributed by atoms with van der Waals surface area (Å²) in [5.74, 6) is 0. The maximum absolute atomic E-state index is 6.99. The molecule has 0 spiro atoms. The molecule has 0 bridgehead atoms. The molecule has 9 heterocycles. The van der Waals surface area contributed by atoms with Crippen LogP contribution in [0.5, 0.6) is 0 Å². The van der Waals surface area contributed by atoms with Gasteiger partial charge >= 0.3 is 34.2 Å². The van der Waals surface area contributed by atoms with Crippen LogP contribution in [0.3, 0.4) is 0 Å². The van der Waals surface area contributed by atoms with Gasteiger partial charge in [0, 0.05) is 52.9 Å². The third kappa shape index (κ3) is 61.4. The maximum Gasteiger partial charge on any atom is 0.315 e. The van der Waals surface area contributed by atoms with E-state index in [-0.39, 0.29) is 6.10 Å². The summed E-state index contributed by atoms with van der Waals surface area (Å²) in [5.41, 5.74) is 0. The molecule has 26 nitrogen and oxygen atoms in total. The molecule has 38 heteroatoms. The van der Waals surface area contributed by atoms with Crippen LogP contribution >= 0.6 is 0 Å². The Balaban J connectivity index is 0.000000279. The average molecular weight is 1850 g/mol. The van der Waals surface area contributed by atoms with Gasteiger partial charge in [0.25, 0.3) is 0 Å². The maximum atomic E-state index is 6.99. The van der Waals surface area contributed by atoms with E-state index in [0.717, 1.165) is 226 Å². The van der Waals surface area contributed by atoms with Crippen molar-refractivity contribution in [3.05, 3.63) is 13.2 Å². The summed E-state index contributed by atoms with van der Waals surface area (Å²) in [4.78, 5) is 0. The van der Waals surface area contributed by atoms with Crippen molar-refractivity contribution < 1.29 is 118 Å². The Morgan fingerprint density at radius 1 is 0.209 bits per heavy atom. The Bertz CT molecular complexity index is 2470. The summed E-state index contributed by atoms with van der Waals surface area (Å²) in [6.45, 7) is 78.5. The molecule has 0 aliphatic carbocycles. The highest BCUT2D eigenvalue weighted by Crippen LogP contribution is 2.34.